The van der Waals surface area contributed by atoms with Gasteiger partial charge in [-0.3, -0.25) is 19.3 Å². The number of carbonyl (C=O) groups excluding carboxylic acids is 3. The SMILES string of the molecule is CCC(C)NC(=O)CN1CCN(C(=O)CSCC(=O)Nc2ccc(F)cc2)CC1. The van der Waals surface area contributed by atoms with Gasteiger partial charge < -0.3 is 15.5 Å². The molecule has 1 aromatic rings. The molecule has 0 saturated carbocycles. The Morgan fingerprint density at radius 1 is 1.07 bits per heavy atom. The van der Waals surface area contributed by atoms with Crippen molar-refractivity contribution in [3.63, 3.8) is 0 Å². The van der Waals surface area contributed by atoms with E-state index in [-0.39, 0.29) is 41.1 Å². The van der Waals surface area contributed by atoms with Crippen LogP contribution in [0.4, 0.5) is 10.1 Å². The van der Waals surface area contributed by atoms with E-state index < -0.39 is 0 Å². The van der Waals surface area contributed by atoms with Gasteiger partial charge in [0.05, 0.1) is 18.1 Å². The van der Waals surface area contributed by atoms with Gasteiger partial charge in [0.1, 0.15) is 5.82 Å². The Labute approximate surface area is 175 Å². The van der Waals surface area contributed by atoms with Gasteiger partial charge in [-0.25, -0.2) is 4.39 Å². The van der Waals surface area contributed by atoms with Gasteiger partial charge in [0.2, 0.25) is 17.7 Å². The first-order valence-electron chi connectivity index (χ1n) is 9.80. The fourth-order valence-electron chi connectivity index (χ4n) is 2.83. The summed E-state index contributed by atoms with van der Waals surface area (Å²) in [5, 5.41) is 5.62. The van der Waals surface area contributed by atoms with Crippen molar-refractivity contribution >= 4 is 35.2 Å². The van der Waals surface area contributed by atoms with E-state index >= 15 is 0 Å². The minimum Gasteiger partial charge on any atom is -0.353 e. The maximum absolute atomic E-state index is 12.9. The topological polar surface area (TPSA) is 81.8 Å². The van der Waals surface area contributed by atoms with E-state index in [0.29, 0.717) is 38.4 Å². The number of nitrogens with one attached hydrogen (secondary N) is 2. The zero-order valence-electron chi connectivity index (χ0n) is 16.9. The molecule has 1 aromatic carbocycles. The number of anilines is 1. The molecular weight excluding hydrogens is 395 g/mol. The number of amides is 3. The Kier molecular flexibility index (Phi) is 9.40. The Morgan fingerprint density at radius 2 is 1.72 bits per heavy atom. The fourth-order valence-corrected chi connectivity index (χ4v) is 3.55. The molecule has 1 aliphatic rings. The van der Waals surface area contributed by atoms with E-state index in [9.17, 15) is 18.8 Å². The van der Waals surface area contributed by atoms with Crippen molar-refractivity contribution in [3.05, 3.63) is 30.1 Å². The van der Waals surface area contributed by atoms with Crippen molar-refractivity contribution in [1.82, 2.24) is 15.1 Å². The minimum atomic E-state index is -0.362. The molecular formula is C20H29FN4O3S. The first kappa shape index (κ1) is 23.2. The molecule has 0 spiro atoms. The fraction of sp³-hybridized carbons (Fsp3) is 0.550. The average molecular weight is 425 g/mol. The first-order chi connectivity index (χ1) is 13.9. The number of benzene rings is 1. The predicted molar refractivity (Wildman–Crippen MR) is 113 cm³/mol. The number of nitrogens with zero attached hydrogens (tertiary/aromatic N) is 2. The molecule has 1 saturated heterocycles. The largest absolute Gasteiger partial charge is 0.353 e. The lowest BCUT2D eigenvalue weighted by molar-refractivity contribution is -0.130. The smallest absolute Gasteiger partial charge is 0.234 e. The summed E-state index contributed by atoms with van der Waals surface area (Å²) in [4.78, 5) is 40.0. The molecule has 0 aliphatic carbocycles. The standard InChI is InChI=1S/C20H29FN4O3S/c1-3-15(2)22-18(26)12-24-8-10-25(11-9-24)20(28)14-29-13-19(27)23-17-6-4-16(21)5-7-17/h4-7,15H,3,8-14H2,1-2H3,(H,22,26)(H,23,27). The maximum Gasteiger partial charge on any atom is 0.234 e. The van der Waals surface area contributed by atoms with Crippen LogP contribution in [0.25, 0.3) is 0 Å². The molecule has 1 aliphatic heterocycles. The summed E-state index contributed by atoms with van der Waals surface area (Å²) < 4.78 is 12.9. The third-order valence-corrected chi connectivity index (χ3v) is 5.62. The van der Waals surface area contributed by atoms with Gasteiger partial charge in [-0.2, -0.15) is 0 Å². The average Bonchev–Trinajstić information content (AvgIpc) is 2.70. The lowest BCUT2D eigenvalue weighted by atomic mass is 10.2. The van der Waals surface area contributed by atoms with E-state index in [2.05, 4.69) is 10.6 Å². The lowest BCUT2D eigenvalue weighted by Crippen LogP contribution is -2.52. The van der Waals surface area contributed by atoms with Crippen LogP contribution in [-0.4, -0.2) is 77.8 Å². The molecule has 29 heavy (non-hydrogen) atoms. The van der Waals surface area contributed by atoms with Crippen LogP contribution in [0.3, 0.4) is 0 Å². The number of halogens is 1. The van der Waals surface area contributed by atoms with Crippen LogP contribution in [0.2, 0.25) is 0 Å². The molecule has 1 atom stereocenters. The highest BCUT2D eigenvalue weighted by Gasteiger charge is 2.22. The zero-order valence-corrected chi connectivity index (χ0v) is 17.8. The Morgan fingerprint density at radius 3 is 2.34 bits per heavy atom. The van der Waals surface area contributed by atoms with Crippen LogP contribution >= 0.6 is 11.8 Å². The van der Waals surface area contributed by atoms with E-state index in [0.717, 1.165) is 6.42 Å². The van der Waals surface area contributed by atoms with Gasteiger partial charge in [-0.1, -0.05) is 6.92 Å². The zero-order chi connectivity index (χ0) is 21.2. The van der Waals surface area contributed by atoms with Gasteiger partial charge in [-0.05, 0) is 37.6 Å². The molecule has 1 unspecified atom stereocenters. The highest BCUT2D eigenvalue weighted by molar-refractivity contribution is 8.00. The molecule has 9 heteroatoms. The van der Waals surface area contributed by atoms with Crippen LogP contribution in [0, 0.1) is 5.82 Å². The van der Waals surface area contributed by atoms with E-state index in [1.165, 1.54) is 36.0 Å². The van der Waals surface area contributed by atoms with E-state index in [1.54, 1.807) is 4.90 Å². The first-order valence-corrected chi connectivity index (χ1v) is 11.0. The van der Waals surface area contributed by atoms with Crippen molar-refractivity contribution in [2.24, 2.45) is 0 Å². The summed E-state index contributed by atoms with van der Waals surface area (Å²) in [7, 11) is 0. The van der Waals surface area contributed by atoms with Crippen molar-refractivity contribution in [1.29, 1.82) is 0 Å². The molecule has 1 fully saturated rings. The number of hydrogen-bond donors (Lipinski definition) is 2. The molecule has 3 amide bonds. The second kappa shape index (κ2) is 11.8. The van der Waals surface area contributed by atoms with Crippen LogP contribution in [0.15, 0.2) is 24.3 Å². The molecule has 2 rings (SSSR count). The van der Waals surface area contributed by atoms with Crippen LogP contribution in [-0.2, 0) is 14.4 Å². The number of rotatable bonds is 9. The van der Waals surface area contributed by atoms with Crippen molar-refractivity contribution in [2.75, 3.05) is 49.5 Å². The Hall–Kier alpha value is -2.13. The van der Waals surface area contributed by atoms with Gasteiger partial charge in [0.25, 0.3) is 0 Å². The van der Waals surface area contributed by atoms with Crippen LogP contribution < -0.4 is 10.6 Å². The van der Waals surface area contributed by atoms with Gasteiger partial charge in [0, 0.05) is 37.9 Å². The quantitative estimate of drug-likeness (QED) is 0.629. The van der Waals surface area contributed by atoms with Gasteiger partial charge in [0.15, 0.2) is 0 Å². The summed E-state index contributed by atoms with van der Waals surface area (Å²) in [6.07, 6.45) is 0.896. The number of carbonyl (C=O) groups is 3. The molecule has 160 valence electrons. The Balaban J connectivity index is 1.62. The second-order valence-electron chi connectivity index (χ2n) is 7.08. The van der Waals surface area contributed by atoms with Crippen LogP contribution in [0.5, 0.6) is 0 Å². The molecule has 0 bridgehead atoms. The molecule has 0 aromatic heterocycles. The van der Waals surface area contributed by atoms with Gasteiger partial charge in [-0.15, -0.1) is 11.8 Å². The summed E-state index contributed by atoms with van der Waals surface area (Å²) >= 11 is 1.25. The normalized spacial score (nSPS) is 15.6. The number of hydrogen-bond acceptors (Lipinski definition) is 5. The predicted octanol–water partition coefficient (Wildman–Crippen LogP) is 1.56. The van der Waals surface area contributed by atoms with Crippen molar-refractivity contribution in [2.45, 2.75) is 26.3 Å². The van der Waals surface area contributed by atoms with E-state index in [4.69, 9.17) is 0 Å². The molecule has 1 heterocycles. The lowest BCUT2D eigenvalue weighted by Gasteiger charge is -2.34. The second-order valence-corrected chi connectivity index (χ2v) is 8.07. The Bertz CT molecular complexity index is 693. The summed E-state index contributed by atoms with van der Waals surface area (Å²) in [5.41, 5.74) is 0.525. The maximum atomic E-state index is 12.9. The summed E-state index contributed by atoms with van der Waals surface area (Å²) in [5.74, 6) is -0.203. The van der Waals surface area contributed by atoms with Crippen molar-refractivity contribution < 1.29 is 18.8 Å². The molecule has 0 radical (unpaired) electrons. The third-order valence-electron chi connectivity index (χ3n) is 4.70. The highest BCUT2D eigenvalue weighted by atomic mass is 32.2. The summed E-state index contributed by atoms with van der Waals surface area (Å²) in [6, 6.07) is 5.71. The third kappa shape index (κ3) is 8.41. The van der Waals surface area contributed by atoms with Crippen molar-refractivity contribution in [3.8, 4) is 0 Å². The van der Waals surface area contributed by atoms with E-state index in [1.807, 2.05) is 18.7 Å². The number of piperazine rings is 1. The highest BCUT2D eigenvalue weighted by Crippen LogP contribution is 2.11. The monoisotopic (exact) mass is 424 g/mol. The minimum absolute atomic E-state index is 0.00621. The summed E-state index contributed by atoms with van der Waals surface area (Å²) in [6.45, 7) is 6.84. The number of thioether (sulfide) groups is 1. The van der Waals surface area contributed by atoms with Gasteiger partial charge >= 0.3 is 0 Å². The van der Waals surface area contributed by atoms with Crippen LogP contribution in [0.1, 0.15) is 20.3 Å². The molecule has 2 N–H and O–H groups in total. The molecule has 7 nitrogen and oxygen atoms in total.